The van der Waals surface area contributed by atoms with E-state index in [4.69, 9.17) is 11.5 Å². The highest BCUT2D eigenvalue weighted by molar-refractivity contribution is 6.26. The van der Waals surface area contributed by atoms with Gasteiger partial charge in [0.25, 0.3) is 0 Å². The van der Waals surface area contributed by atoms with Crippen molar-refractivity contribution >= 4 is 23.3 Å². The zero-order valence-electron chi connectivity index (χ0n) is 18.2. The van der Waals surface area contributed by atoms with Gasteiger partial charge in [0.1, 0.15) is 11.7 Å². The number of aromatic hydroxyl groups is 1. The van der Waals surface area contributed by atoms with Gasteiger partial charge in [0.15, 0.2) is 23.0 Å². The molecule has 0 radical (unpaired) electrons. The number of carbonyl (C=O) groups is 4. The maximum Gasteiger partial charge on any atom is 0.232 e. The first-order valence-corrected chi connectivity index (χ1v) is 11.2. The van der Waals surface area contributed by atoms with Crippen LogP contribution in [0.15, 0.2) is 48.6 Å². The van der Waals surface area contributed by atoms with Crippen molar-refractivity contribution < 1.29 is 29.4 Å². The van der Waals surface area contributed by atoms with Gasteiger partial charge in [-0.2, -0.15) is 0 Å². The van der Waals surface area contributed by atoms with Crippen LogP contribution in [-0.2, 0) is 27.3 Å². The molecule has 2 aromatic carbocycles. The highest BCUT2D eigenvalue weighted by atomic mass is 16.3. The molecule has 174 valence electrons. The number of aliphatic hydroxyl groups is 1. The first-order valence-electron chi connectivity index (χ1n) is 11.2. The maximum atomic E-state index is 13.6. The highest BCUT2D eigenvalue weighted by Crippen LogP contribution is 2.50. The van der Waals surface area contributed by atoms with Crippen LogP contribution in [0.2, 0.25) is 0 Å². The van der Waals surface area contributed by atoms with Crippen molar-refractivity contribution in [2.75, 3.05) is 0 Å². The van der Waals surface area contributed by atoms with E-state index < -0.39 is 52.5 Å². The fraction of sp³-hybridized carbons (Fsp3) is 0.308. The molecule has 8 nitrogen and oxygen atoms in total. The minimum absolute atomic E-state index is 0.0299. The third-order valence-corrected chi connectivity index (χ3v) is 7.51. The fourth-order valence-electron chi connectivity index (χ4n) is 5.75. The number of nitrogens with two attached hydrogens (primary N) is 2. The number of rotatable bonds is 3. The number of fused-ring (bicyclic) bond motifs is 3. The van der Waals surface area contributed by atoms with Gasteiger partial charge in [0.2, 0.25) is 5.91 Å². The van der Waals surface area contributed by atoms with Gasteiger partial charge in [-0.1, -0.05) is 42.5 Å². The molecule has 0 spiro atoms. The largest absolute Gasteiger partial charge is 0.507 e. The Morgan fingerprint density at radius 1 is 1.03 bits per heavy atom. The van der Waals surface area contributed by atoms with Crippen molar-refractivity contribution in [2.24, 2.45) is 35.1 Å². The average Bonchev–Trinajstić information content (AvgIpc) is 2.81. The van der Waals surface area contributed by atoms with Gasteiger partial charge in [-0.15, -0.1) is 0 Å². The Morgan fingerprint density at radius 2 is 1.74 bits per heavy atom. The molecule has 6 N–H and O–H groups in total. The van der Waals surface area contributed by atoms with Crippen molar-refractivity contribution in [2.45, 2.75) is 25.0 Å². The molecule has 0 aliphatic heterocycles. The summed E-state index contributed by atoms with van der Waals surface area (Å²) in [5, 5.41) is 21.8. The summed E-state index contributed by atoms with van der Waals surface area (Å²) in [6.07, 6.45) is 3.33. The minimum Gasteiger partial charge on any atom is -0.507 e. The Morgan fingerprint density at radius 3 is 2.38 bits per heavy atom. The molecule has 34 heavy (non-hydrogen) atoms. The van der Waals surface area contributed by atoms with Gasteiger partial charge in [0.05, 0.1) is 11.5 Å². The molecule has 5 rings (SSSR count). The van der Waals surface area contributed by atoms with Crippen LogP contribution in [0.1, 0.15) is 27.9 Å². The number of hydrogen-bond acceptors (Lipinski definition) is 7. The molecule has 3 aliphatic rings. The number of amides is 1. The van der Waals surface area contributed by atoms with Crippen LogP contribution in [0.4, 0.5) is 0 Å². The van der Waals surface area contributed by atoms with E-state index in [-0.39, 0.29) is 17.7 Å². The summed E-state index contributed by atoms with van der Waals surface area (Å²) < 4.78 is 0. The molecular weight excluding hydrogens is 436 g/mol. The third kappa shape index (κ3) is 2.99. The molecule has 5 atom stereocenters. The van der Waals surface area contributed by atoms with E-state index in [1.54, 1.807) is 6.07 Å². The minimum atomic E-state index is -2.49. The van der Waals surface area contributed by atoms with E-state index in [0.717, 1.165) is 16.7 Å². The molecule has 1 saturated carbocycles. The van der Waals surface area contributed by atoms with Gasteiger partial charge in [-0.3, -0.25) is 19.2 Å². The van der Waals surface area contributed by atoms with Crippen molar-refractivity contribution in [3.05, 3.63) is 65.2 Å². The third-order valence-electron chi connectivity index (χ3n) is 7.51. The Labute approximate surface area is 195 Å². The molecule has 8 heteroatoms. The highest BCUT2D eigenvalue weighted by Gasteiger charge is 2.63. The summed E-state index contributed by atoms with van der Waals surface area (Å²) in [6.45, 7) is 0.394. The number of hydrogen-bond donors (Lipinski definition) is 4. The predicted molar refractivity (Wildman–Crippen MR) is 121 cm³/mol. The lowest BCUT2D eigenvalue weighted by atomic mass is 9.55. The molecule has 0 bridgehead atoms. The topological polar surface area (TPSA) is 161 Å². The zero-order valence-corrected chi connectivity index (χ0v) is 18.2. The van der Waals surface area contributed by atoms with Crippen LogP contribution < -0.4 is 11.5 Å². The summed E-state index contributed by atoms with van der Waals surface area (Å²) >= 11 is 0. The second-order valence-corrected chi connectivity index (χ2v) is 9.29. The van der Waals surface area contributed by atoms with Crippen LogP contribution in [0.25, 0.3) is 11.1 Å². The number of ketones is 3. The Bertz CT molecular complexity index is 1280. The lowest BCUT2D eigenvalue weighted by Gasteiger charge is -2.47. The van der Waals surface area contributed by atoms with E-state index in [0.29, 0.717) is 18.5 Å². The van der Waals surface area contributed by atoms with E-state index in [1.165, 1.54) is 18.2 Å². The molecule has 2 unspecified atom stereocenters. The maximum absolute atomic E-state index is 13.6. The molecule has 0 aromatic heterocycles. The molecule has 1 fully saturated rings. The summed E-state index contributed by atoms with van der Waals surface area (Å²) in [5.74, 6) is -7.82. The number of primary amides is 1. The first kappa shape index (κ1) is 22.2. The van der Waals surface area contributed by atoms with Gasteiger partial charge < -0.3 is 21.7 Å². The van der Waals surface area contributed by atoms with Crippen LogP contribution in [0, 0.1) is 23.7 Å². The molecule has 2 aromatic rings. The average molecular weight is 460 g/mol. The molecule has 3 aliphatic carbocycles. The second kappa shape index (κ2) is 7.72. The summed E-state index contributed by atoms with van der Waals surface area (Å²) in [6, 6.07) is 10.7. The Kier molecular flexibility index (Phi) is 5.03. The van der Waals surface area contributed by atoms with Crippen LogP contribution >= 0.6 is 0 Å². The van der Waals surface area contributed by atoms with E-state index in [2.05, 4.69) is 0 Å². The van der Waals surface area contributed by atoms with Gasteiger partial charge in [0, 0.05) is 12.5 Å². The fourth-order valence-corrected chi connectivity index (χ4v) is 5.75. The van der Waals surface area contributed by atoms with E-state index in [1.807, 2.05) is 24.3 Å². The normalized spacial score (nSPS) is 29.9. The van der Waals surface area contributed by atoms with Crippen LogP contribution in [-0.4, -0.2) is 39.1 Å². The number of carbonyl (C=O) groups excluding carboxylic acids is 4. The van der Waals surface area contributed by atoms with Crippen molar-refractivity contribution in [3.8, 4) is 16.9 Å². The lowest BCUT2D eigenvalue weighted by molar-refractivity contribution is -0.166. The monoisotopic (exact) mass is 460 g/mol. The number of phenols is 1. The van der Waals surface area contributed by atoms with E-state index >= 15 is 0 Å². The smallest absolute Gasteiger partial charge is 0.232 e. The predicted octanol–water partition coefficient (Wildman–Crippen LogP) is 1.05. The number of Topliss-reactive ketones (excluding diaryl/α,β-unsaturated/α-hetero) is 3. The second-order valence-electron chi connectivity index (χ2n) is 9.29. The van der Waals surface area contributed by atoms with Crippen molar-refractivity contribution in [3.63, 3.8) is 0 Å². The van der Waals surface area contributed by atoms with Crippen molar-refractivity contribution in [1.82, 2.24) is 0 Å². The standard InChI is InChI=1S/C26H24N2O6/c27-11-12-1-3-13(4-2-12)16-7-8-19(29)21-18(16)10-14-9-15-5-6-17(25(28)33)23(31)26(15,34)24(32)20(14)22(21)30/h1-8,14-15,17,20,29,34H,9-11,27H2,(H2,28,33)/t14-,15-,17?,20?,26-/m1/s1. The van der Waals surface area contributed by atoms with Gasteiger partial charge in [-0.25, -0.2) is 0 Å². The van der Waals surface area contributed by atoms with E-state index in [9.17, 15) is 29.4 Å². The molecule has 0 saturated heterocycles. The quantitative estimate of drug-likeness (QED) is 0.393. The molecular formula is C26H24N2O6. The summed E-state index contributed by atoms with van der Waals surface area (Å²) in [5.41, 5.74) is 11.7. The zero-order chi connectivity index (χ0) is 24.4. The van der Waals surface area contributed by atoms with Crippen molar-refractivity contribution in [1.29, 1.82) is 0 Å². The van der Waals surface area contributed by atoms with Gasteiger partial charge >= 0.3 is 0 Å². The number of phenolic OH excluding ortho intramolecular Hbond substituents is 1. The molecule has 0 heterocycles. The van der Waals surface area contributed by atoms with Crippen LogP contribution in [0.3, 0.4) is 0 Å². The first-order chi connectivity index (χ1) is 16.2. The summed E-state index contributed by atoms with van der Waals surface area (Å²) in [7, 11) is 0. The number of benzene rings is 2. The SMILES string of the molecule is NCc1ccc(-c2ccc(O)c3c2C[C@H]2C[C@H]4C=CC(C(N)=O)C(=O)[C@@]4(O)C(=O)C2C3=O)cc1. The summed E-state index contributed by atoms with van der Waals surface area (Å²) in [4.78, 5) is 51.7. The Hall–Kier alpha value is -3.62. The van der Waals surface area contributed by atoms with Crippen LogP contribution in [0.5, 0.6) is 5.75 Å². The Balaban J connectivity index is 1.60. The molecule has 1 amide bonds. The lowest BCUT2D eigenvalue weighted by Crippen LogP contribution is -2.65. The van der Waals surface area contributed by atoms with Gasteiger partial charge in [-0.05, 0) is 47.1 Å².